The summed E-state index contributed by atoms with van der Waals surface area (Å²) in [6.07, 6.45) is 2.77. The number of rotatable bonds is 8. The van der Waals surface area contributed by atoms with Crippen LogP contribution in [0.15, 0.2) is 41.3 Å². The van der Waals surface area contributed by atoms with Crippen LogP contribution in [-0.2, 0) is 17.9 Å². The first kappa shape index (κ1) is 20.0. The molecule has 2 rings (SSSR count). The summed E-state index contributed by atoms with van der Waals surface area (Å²) in [7, 11) is 0. The lowest BCUT2D eigenvalue weighted by molar-refractivity contribution is -0.123. The number of hydrogen-bond acceptors (Lipinski definition) is 3. The normalized spacial score (nSPS) is 10.8. The Morgan fingerprint density at radius 1 is 1.31 bits per heavy atom. The highest BCUT2D eigenvalue weighted by Crippen LogP contribution is 2.14. The SMILES string of the molecule is Cc1c(OCC(=O)NCc2cccc(Cl)c2)c(=O)ccn1CCC(C)C. The molecule has 0 radical (unpaired) electrons. The van der Waals surface area contributed by atoms with Crippen molar-refractivity contribution in [3.05, 3.63) is 63.0 Å². The molecule has 1 amide bonds. The van der Waals surface area contributed by atoms with Crippen LogP contribution in [0.3, 0.4) is 0 Å². The Labute approximate surface area is 158 Å². The molecule has 1 aromatic carbocycles. The number of pyridine rings is 1. The zero-order chi connectivity index (χ0) is 19.1. The summed E-state index contributed by atoms with van der Waals surface area (Å²) < 4.78 is 7.50. The number of aromatic nitrogens is 1. The van der Waals surface area contributed by atoms with E-state index >= 15 is 0 Å². The molecule has 0 saturated carbocycles. The van der Waals surface area contributed by atoms with E-state index in [-0.39, 0.29) is 23.7 Å². The third-order valence-electron chi connectivity index (χ3n) is 4.06. The molecule has 2 aromatic rings. The first-order valence-corrected chi connectivity index (χ1v) is 9.08. The number of amides is 1. The molecule has 0 bridgehead atoms. The van der Waals surface area contributed by atoms with Gasteiger partial charge in [0, 0.05) is 30.4 Å². The lowest BCUT2D eigenvalue weighted by atomic mass is 10.1. The molecule has 0 unspecified atom stereocenters. The van der Waals surface area contributed by atoms with Crippen molar-refractivity contribution in [1.82, 2.24) is 9.88 Å². The number of carbonyl (C=O) groups excluding carboxylic acids is 1. The van der Waals surface area contributed by atoms with Crippen LogP contribution in [0.25, 0.3) is 0 Å². The topological polar surface area (TPSA) is 60.3 Å². The molecule has 0 atom stereocenters. The number of halogens is 1. The van der Waals surface area contributed by atoms with Gasteiger partial charge >= 0.3 is 0 Å². The monoisotopic (exact) mass is 376 g/mol. The number of aryl methyl sites for hydroxylation is 1. The van der Waals surface area contributed by atoms with Crippen molar-refractivity contribution in [2.75, 3.05) is 6.61 Å². The van der Waals surface area contributed by atoms with E-state index in [9.17, 15) is 9.59 Å². The second-order valence-corrected chi connectivity index (χ2v) is 7.10. The van der Waals surface area contributed by atoms with Gasteiger partial charge in [0.15, 0.2) is 12.4 Å². The Bertz CT molecular complexity index is 815. The summed E-state index contributed by atoms with van der Waals surface area (Å²) >= 11 is 5.92. The van der Waals surface area contributed by atoms with Gasteiger partial charge < -0.3 is 14.6 Å². The first-order chi connectivity index (χ1) is 12.4. The zero-order valence-corrected chi connectivity index (χ0v) is 16.2. The summed E-state index contributed by atoms with van der Waals surface area (Å²) in [5.41, 5.74) is 1.42. The number of benzene rings is 1. The Balaban J connectivity index is 1.94. The first-order valence-electron chi connectivity index (χ1n) is 8.71. The molecular formula is C20H25ClN2O3. The highest BCUT2D eigenvalue weighted by Gasteiger charge is 2.11. The van der Waals surface area contributed by atoms with Crippen molar-refractivity contribution < 1.29 is 9.53 Å². The van der Waals surface area contributed by atoms with Crippen molar-refractivity contribution in [2.45, 2.75) is 40.3 Å². The zero-order valence-electron chi connectivity index (χ0n) is 15.4. The van der Waals surface area contributed by atoms with Gasteiger partial charge in [0.05, 0.1) is 5.69 Å². The molecular weight excluding hydrogens is 352 g/mol. The minimum absolute atomic E-state index is 0.204. The molecule has 0 fully saturated rings. The van der Waals surface area contributed by atoms with E-state index in [1.807, 2.05) is 23.6 Å². The van der Waals surface area contributed by atoms with E-state index in [2.05, 4.69) is 19.2 Å². The van der Waals surface area contributed by atoms with Crippen molar-refractivity contribution >= 4 is 17.5 Å². The summed E-state index contributed by atoms with van der Waals surface area (Å²) in [6, 6.07) is 8.75. The van der Waals surface area contributed by atoms with Gasteiger partial charge in [-0.2, -0.15) is 0 Å². The van der Waals surface area contributed by atoms with E-state index in [0.717, 1.165) is 24.2 Å². The van der Waals surface area contributed by atoms with Gasteiger partial charge in [0.25, 0.3) is 5.91 Å². The fourth-order valence-corrected chi connectivity index (χ4v) is 2.72. The minimum Gasteiger partial charge on any atom is -0.478 e. The average Bonchev–Trinajstić information content (AvgIpc) is 2.59. The Kier molecular flexibility index (Phi) is 7.27. The van der Waals surface area contributed by atoms with E-state index < -0.39 is 0 Å². The average molecular weight is 377 g/mol. The second kappa shape index (κ2) is 9.43. The maximum atomic E-state index is 12.1. The third kappa shape index (κ3) is 5.92. The van der Waals surface area contributed by atoms with Crippen LogP contribution in [0, 0.1) is 12.8 Å². The Hall–Kier alpha value is -2.27. The molecule has 6 heteroatoms. The van der Waals surface area contributed by atoms with Gasteiger partial charge in [-0.3, -0.25) is 9.59 Å². The molecule has 0 aliphatic carbocycles. The lowest BCUT2D eigenvalue weighted by Crippen LogP contribution is -2.29. The minimum atomic E-state index is -0.290. The summed E-state index contributed by atoms with van der Waals surface area (Å²) in [6.45, 7) is 7.10. The molecule has 1 aromatic heterocycles. The van der Waals surface area contributed by atoms with Gasteiger partial charge in [-0.15, -0.1) is 0 Å². The maximum absolute atomic E-state index is 12.1. The van der Waals surface area contributed by atoms with Crippen LogP contribution in [0.1, 0.15) is 31.5 Å². The van der Waals surface area contributed by atoms with Crippen LogP contribution in [0.2, 0.25) is 5.02 Å². The van der Waals surface area contributed by atoms with Gasteiger partial charge in [0.2, 0.25) is 5.43 Å². The molecule has 26 heavy (non-hydrogen) atoms. The summed E-state index contributed by atoms with van der Waals surface area (Å²) in [5, 5.41) is 3.38. The molecule has 5 nitrogen and oxygen atoms in total. The number of hydrogen-bond donors (Lipinski definition) is 1. The molecule has 0 saturated heterocycles. The quantitative estimate of drug-likeness (QED) is 0.766. The molecule has 1 heterocycles. The fraction of sp³-hybridized carbons (Fsp3) is 0.400. The predicted molar refractivity (Wildman–Crippen MR) is 104 cm³/mol. The largest absolute Gasteiger partial charge is 0.478 e. The second-order valence-electron chi connectivity index (χ2n) is 6.67. The van der Waals surface area contributed by atoms with E-state index in [1.165, 1.54) is 6.07 Å². The molecule has 140 valence electrons. The molecule has 1 N–H and O–H groups in total. The van der Waals surface area contributed by atoms with Crippen molar-refractivity contribution in [1.29, 1.82) is 0 Å². The molecule has 0 aliphatic heterocycles. The van der Waals surface area contributed by atoms with Crippen LogP contribution >= 0.6 is 11.6 Å². The van der Waals surface area contributed by atoms with Crippen molar-refractivity contribution in [3.63, 3.8) is 0 Å². The molecule has 0 aliphatic rings. The van der Waals surface area contributed by atoms with Gasteiger partial charge in [0.1, 0.15) is 0 Å². The maximum Gasteiger partial charge on any atom is 0.258 e. The van der Waals surface area contributed by atoms with Crippen LogP contribution < -0.4 is 15.5 Å². The van der Waals surface area contributed by atoms with Gasteiger partial charge in [-0.1, -0.05) is 37.6 Å². The van der Waals surface area contributed by atoms with E-state index in [0.29, 0.717) is 17.5 Å². The molecule has 0 spiro atoms. The number of nitrogens with zero attached hydrogens (tertiary/aromatic N) is 1. The number of nitrogens with one attached hydrogen (secondary N) is 1. The van der Waals surface area contributed by atoms with Crippen LogP contribution in [0.5, 0.6) is 5.75 Å². The lowest BCUT2D eigenvalue weighted by Gasteiger charge is -2.15. The smallest absolute Gasteiger partial charge is 0.258 e. The highest BCUT2D eigenvalue weighted by atomic mass is 35.5. The highest BCUT2D eigenvalue weighted by molar-refractivity contribution is 6.30. The summed E-state index contributed by atoms with van der Waals surface area (Å²) in [4.78, 5) is 24.1. The van der Waals surface area contributed by atoms with Gasteiger partial charge in [-0.25, -0.2) is 0 Å². The Morgan fingerprint density at radius 3 is 2.77 bits per heavy atom. The standard InChI is InChI=1S/C20H25ClN2O3/c1-14(2)7-9-23-10-8-18(24)20(15(23)3)26-13-19(25)22-12-16-5-4-6-17(21)11-16/h4-6,8,10-11,14H,7,9,12-13H2,1-3H3,(H,22,25). The van der Waals surface area contributed by atoms with Crippen LogP contribution in [0.4, 0.5) is 0 Å². The number of carbonyl (C=O) groups is 1. The summed E-state index contributed by atoms with van der Waals surface area (Å²) in [5.74, 6) is 0.506. The van der Waals surface area contributed by atoms with E-state index in [1.54, 1.807) is 18.3 Å². The third-order valence-corrected chi connectivity index (χ3v) is 4.30. The predicted octanol–water partition coefficient (Wildman–Crippen LogP) is 3.55. The van der Waals surface area contributed by atoms with Gasteiger partial charge in [-0.05, 0) is 37.0 Å². The Morgan fingerprint density at radius 2 is 2.08 bits per heavy atom. The fourth-order valence-electron chi connectivity index (χ4n) is 2.51. The van der Waals surface area contributed by atoms with Crippen molar-refractivity contribution in [3.8, 4) is 5.75 Å². The van der Waals surface area contributed by atoms with E-state index in [4.69, 9.17) is 16.3 Å². The van der Waals surface area contributed by atoms with Crippen molar-refractivity contribution in [2.24, 2.45) is 5.92 Å². The van der Waals surface area contributed by atoms with Crippen LogP contribution in [-0.4, -0.2) is 17.1 Å². The number of ether oxygens (including phenoxy) is 1.